The summed E-state index contributed by atoms with van der Waals surface area (Å²) in [5.74, 6) is 2.31. The molecule has 4 heteroatoms. The van der Waals surface area contributed by atoms with Gasteiger partial charge in [-0.05, 0) is 49.4 Å². The molecular weight excluding hydrogens is 268 g/mol. The highest BCUT2D eigenvalue weighted by molar-refractivity contribution is 7.09. The molecule has 3 nitrogen and oxygen atoms in total. The van der Waals surface area contributed by atoms with E-state index in [1.54, 1.807) is 11.3 Å². The molecule has 106 valence electrons. The molecule has 1 spiro atoms. The van der Waals surface area contributed by atoms with Gasteiger partial charge in [-0.1, -0.05) is 12.2 Å². The van der Waals surface area contributed by atoms with Gasteiger partial charge in [-0.3, -0.25) is 4.79 Å². The van der Waals surface area contributed by atoms with Gasteiger partial charge in [0.2, 0.25) is 5.91 Å². The highest BCUT2D eigenvalue weighted by atomic mass is 32.1. The summed E-state index contributed by atoms with van der Waals surface area (Å²) in [7, 11) is 0. The Bertz CT molecular complexity index is 573. The van der Waals surface area contributed by atoms with E-state index in [1.165, 1.54) is 19.3 Å². The number of carbonyl (C=O) groups is 1. The van der Waals surface area contributed by atoms with Gasteiger partial charge >= 0.3 is 0 Å². The number of hydrogen-bond acceptors (Lipinski definition) is 3. The van der Waals surface area contributed by atoms with E-state index in [2.05, 4.69) is 22.5 Å². The van der Waals surface area contributed by atoms with Crippen molar-refractivity contribution < 1.29 is 4.79 Å². The van der Waals surface area contributed by atoms with E-state index in [0.29, 0.717) is 17.8 Å². The zero-order valence-corrected chi connectivity index (χ0v) is 12.6. The molecule has 0 saturated heterocycles. The molecule has 20 heavy (non-hydrogen) atoms. The molecule has 1 aromatic rings. The highest BCUT2D eigenvalue weighted by Crippen LogP contribution is 2.69. The van der Waals surface area contributed by atoms with Crippen LogP contribution in [0.5, 0.6) is 0 Å². The maximum absolute atomic E-state index is 12.0. The largest absolute Gasteiger partial charge is 0.355 e. The first kappa shape index (κ1) is 12.6. The maximum atomic E-state index is 12.0. The molecule has 4 rings (SSSR count). The number of aryl methyl sites for hydroxylation is 1. The summed E-state index contributed by atoms with van der Waals surface area (Å²) in [6, 6.07) is 0. The van der Waals surface area contributed by atoms with Crippen LogP contribution in [0, 0.1) is 30.1 Å². The standard InChI is InChI=1S/C16H20N2OS/c1-10-18-13(9-20-10)7-15(19)17-8-11-6-12-2-3-14(11)16(12)4-5-16/h2-3,9,11-12,14H,4-8H2,1H3,(H,17,19)/t11-,12-,14-/m1/s1. The van der Waals surface area contributed by atoms with Crippen LogP contribution in [0.25, 0.3) is 0 Å². The molecule has 2 bridgehead atoms. The quantitative estimate of drug-likeness (QED) is 0.866. The molecule has 3 aliphatic rings. The molecule has 0 aliphatic heterocycles. The van der Waals surface area contributed by atoms with Crippen LogP contribution in [-0.2, 0) is 11.2 Å². The first-order chi connectivity index (χ1) is 9.67. The van der Waals surface area contributed by atoms with Crippen molar-refractivity contribution in [1.29, 1.82) is 0 Å². The first-order valence-corrected chi connectivity index (χ1v) is 8.41. The second-order valence-corrected chi connectivity index (χ2v) is 7.65. The molecule has 0 unspecified atom stereocenters. The lowest BCUT2D eigenvalue weighted by atomic mass is 9.89. The predicted octanol–water partition coefficient (Wildman–Crippen LogP) is 2.71. The summed E-state index contributed by atoms with van der Waals surface area (Å²) in [6.45, 7) is 2.82. The van der Waals surface area contributed by atoms with Gasteiger partial charge in [0.05, 0.1) is 17.1 Å². The summed E-state index contributed by atoms with van der Waals surface area (Å²) < 4.78 is 0. The first-order valence-electron chi connectivity index (χ1n) is 7.53. The summed E-state index contributed by atoms with van der Waals surface area (Å²) >= 11 is 1.61. The number of aromatic nitrogens is 1. The zero-order valence-electron chi connectivity index (χ0n) is 11.8. The van der Waals surface area contributed by atoms with E-state index in [4.69, 9.17) is 0 Å². The smallest absolute Gasteiger partial charge is 0.226 e. The lowest BCUT2D eigenvalue weighted by molar-refractivity contribution is -0.120. The van der Waals surface area contributed by atoms with Gasteiger partial charge < -0.3 is 5.32 Å². The molecule has 1 aromatic heterocycles. The SMILES string of the molecule is Cc1nc(CC(=O)NC[C@H]2C[C@H]3C=C[C@H]2C32CC2)cs1. The molecule has 0 aromatic carbocycles. The molecule has 2 fully saturated rings. The molecule has 3 aliphatic carbocycles. The van der Waals surface area contributed by atoms with Crippen LogP contribution < -0.4 is 5.32 Å². The zero-order chi connectivity index (χ0) is 13.7. The topological polar surface area (TPSA) is 42.0 Å². The van der Waals surface area contributed by atoms with Crippen molar-refractivity contribution in [3.8, 4) is 0 Å². The van der Waals surface area contributed by atoms with Crippen molar-refractivity contribution in [2.75, 3.05) is 6.54 Å². The lowest BCUT2D eigenvalue weighted by Gasteiger charge is -2.20. The van der Waals surface area contributed by atoms with Crippen LogP contribution >= 0.6 is 11.3 Å². The Hall–Kier alpha value is -1.16. The number of hydrogen-bond donors (Lipinski definition) is 1. The van der Waals surface area contributed by atoms with E-state index >= 15 is 0 Å². The fourth-order valence-electron chi connectivity index (χ4n) is 4.32. The summed E-state index contributed by atoms with van der Waals surface area (Å²) in [5.41, 5.74) is 1.53. The molecule has 2 saturated carbocycles. The third kappa shape index (κ3) is 1.93. The number of thiazole rings is 1. The van der Waals surface area contributed by atoms with Crippen molar-refractivity contribution >= 4 is 17.2 Å². The molecular formula is C16H20N2OS. The summed E-state index contributed by atoms with van der Waals surface area (Å²) in [6.07, 6.45) is 9.34. The molecule has 1 amide bonds. The fourth-order valence-corrected chi connectivity index (χ4v) is 4.93. The van der Waals surface area contributed by atoms with E-state index in [0.717, 1.165) is 29.1 Å². The minimum atomic E-state index is 0.118. The van der Waals surface area contributed by atoms with Gasteiger partial charge in [0.1, 0.15) is 0 Å². The molecule has 3 atom stereocenters. The number of carbonyl (C=O) groups excluding carboxylic acids is 1. The second kappa shape index (κ2) is 4.42. The molecule has 0 radical (unpaired) electrons. The van der Waals surface area contributed by atoms with Gasteiger partial charge in [-0.2, -0.15) is 0 Å². The van der Waals surface area contributed by atoms with Crippen molar-refractivity contribution in [2.24, 2.45) is 23.2 Å². The fraction of sp³-hybridized carbons (Fsp3) is 0.625. The Morgan fingerprint density at radius 2 is 2.35 bits per heavy atom. The van der Waals surface area contributed by atoms with E-state index in [9.17, 15) is 4.79 Å². The normalized spacial score (nSPS) is 31.9. The maximum Gasteiger partial charge on any atom is 0.226 e. The Kier molecular flexibility index (Phi) is 2.78. The third-order valence-corrected chi connectivity index (χ3v) is 6.24. The number of rotatable bonds is 4. The van der Waals surface area contributed by atoms with E-state index in [1.807, 2.05) is 12.3 Å². The van der Waals surface area contributed by atoms with E-state index < -0.39 is 0 Å². The van der Waals surface area contributed by atoms with E-state index in [-0.39, 0.29) is 5.91 Å². The van der Waals surface area contributed by atoms with Crippen LogP contribution in [0.2, 0.25) is 0 Å². The number of nitrogens with one attached hydrogen (secondary N) is 1. The van der Waals surface area contributed by atoms with Gasteiger partial charge in [0, 0.05) is 11.9 Å². The van der Waals surface area contributed by atoms with Crippen LogP contribution in [0.1, 0.15) is 30.0 Å². The number of amides is 1. The van der Waals surface area contributed by atoms with Crippen molar-refractivity contribution in [2.45, 2.75) is 32.6 Å². The minimum absolute atomic E-state index is 0.118. The van der Waals surface area contributed by atoms with Gasteiger partial charge in [-0.25, -0.2) is 4.98 Å². The Balaban J connectivity index is 1.31. The second-order valence-electron chi connectivity index (χ2n) is 6.58. The van der Waals surface area contributed by atoms with Gasteiger partial charge in [0.25, 0.3) is 0 Å². The molecule has 1 N–H and O–H groups in total. The van der Waals surface area contributed by atoms with Crippen molar-refractivity contribution in [1.82, 2.24) is 10.3 Å². The van der Waals surface area contributed by atoms with Crippen molar-refractivity contribution in [3.63, 3.8) is 0 Å². The number of allylic oxidation sites excluding steroid dienone is 2. The van der Waals surface area contributed by atoms with Crippen molar-refractivity contribution in [3.05, 3.63) is 28.2 Å². The average Bonchev–Trinajstić information content (AvgIpc) is 2.92. The van der Waals surface area contributed by atoms with Gasteiger partial charge in [-0.15, -0.1) is 11.3 Å². The average molecular weight is 288 g/mol. The monoisotopic (exact) mass is 288 g/mol. The third-order valence-electron chi connectivity index (χ3n) is 5.41. The van der Waals surface area contributed by atoms with Crippen LogP contribution in [0.15, 0.2) is 17.5 Å². The highest BCUT2D eigenvalue weighted by Gasteiger charge is 2.62. The minimum Gasteiger partial charge on any atom is -0.355 e. The van der Waals surface area contributed by atoms with Gasteiger partial charge in [0.15, 0.2) is 0 Å². The summed E-state index contributed by atoms with van der Waals surface area (Å²) in [5, 5.41) is 6.13. The van der Waals surface area contributed by atoms with Crippen LogP contribution in [0.3, 0.4) is 0 Å². The Labute approximate surface area is 123 Å². The van der Waals surface area contributed by atoms with Crippen LogP contribution in [-0.4, -0.2) is 17.4 Å². The Morgan fingerprint density at radius 1 is 1.50 bits per heavy atom. The molecule has 1 heterocycles. The predicted molar refractivity (Wildman–Crippen MR) is 79.5 cm³/mol. The lowest BCUT2D eigenvalue weighted by Crippen LogP contribution is -2.32. The van der Waals surface area contributed by atoms with Crippen LogP contribution in [0.4, 0.5) is 0 Å². The Morgan fingerprint density at radius 3 is 3.00 bits per heavy atom. The summed E-state index contributed by atoms with van der Waals surface area (Å²) in [4.78, 5) is 16.3. The number of nitrogens with zero attached hydrogens (tertiary/aromatic N) is 1.